The maximum absolute atomic E-state index is 12.1. The lowest BCUT2D eigenvalue weighted by atomic mass is 9.98. The molecule has 0 bridgehead atoms. The molecule has 1 aromatic rings. The van der Waals surface area contributed by atoms with E-state index in [2.05, 4.69) is 22.7 Å². The van der Waals surface area contributed by atoms with Gasteiger partial charge in [0.25, 0.3) is 5.91 Å². The predicted molar refractivity (Wildman–Crippen MR) is 73.2 cm³/mol. The molecule has 5 heteroatoms. The summed E-state index contributed by atoms with van der Waals surface area (Å²) >= 11 is 0. The molecule has 100 valence electrons. The van der Waals surface area contributed by atoms with Gasteiger partial charge in [0.2, 0.25) is 0 Å². The summed E-state index contributed by atoms with van der Waals surface area (Å²) < 4.78 is 0. The molecule has 0 atom stereocenters. The van der Waals surface area contributed by atoms with Gasteiger partial charge in [0, 0.05) is 16.8 Å². The Bertz CT molecular complexity index is 429. The first-order valence-electron chi connectivity index (χ1n) is 6.16. The van der Waals surface area contributed by atoms with Crippen LogP contribution in [-0.4, -0.2) is 16.4 Å². The second-order valence-corrected chi connectivity index (χ2v) is 5.11. The molecule has 0 radical (unpaired) electrons. The van der Waals surface area contributed by atoms with Crippen molar-refractivity contribution in [3.63, 3.8) is 0 Å². The number of carbonyl (C=O) groups is 1. The summed E-state index contributed by atoms with van der Waals surface area (Å²) in [5, 5.41) is 3.02. The first-order chi connectivity index (χ1) is 8.38. The lowest BCUT2D eigenvalue weighted by Gasteiger charge is -2.25. The number of nitrogens with zero attached hydrogens (tertiary/aromatic N) is 1. The number of hydrogen-bond acceptors (Lipinski definition) is 4. The van der Waals surface area contributed by atoms with E-state index in [0.29, 0.717) is 11.4 Å². The van der Waals surface area contributed by atoms with Gasteiger partial charge < -0.3 is 10.7 Å². The van der Waals surface area contributed by atoms with Gasteiger partial charge in [0.15, 0.2) is 0 Å². The van der Waals surface area contributed by atoms with Crippen molar-refractivity contribution in [3.05, 3.63) is 23.4 Å². The second kappa shape index (κ2) is 5.82. The smallest absolute Gasteiger partial charge is 0.251 e. The molecular formula is C13H22N4O. The summed E-state index contributed by atoms with van der Waals surface area (Å²) in [6.45, 7) is 7.96. The summed E-state index contributed by atoms with van der Waals surface area (Å²) in [5.74, 6) is 5.71. The van der Waals surface area contributed by atoms with Gasteiger partial charge in [-0.15, -0.1) is 0 Å². The highest BCUT2D eigenvalue weighted by molar-refractivity contribution is 5.95. The third-order valence-corrected chi connectivity index (χ3v) is 2.69. The number of pyridine rings is 1. The number of carbonyl (C=O) groups excluding carboxylic acids is 1. The zero-order valence-electron chi connectivity index (χ0n) is 11.5. The Balaban J connectivity index is 2.87. The van der Waals surface area contributed by atoms with Gasteiger partial charge in [0.05, 0.1) is 0 Å². The number of nitrogens with one attached hydrogen (secondary N) is 2. The summed E-state index contributed by atoms with van der Waals surface area (Å²) in [4.78, 5) is 16.3. The fourth-order valence-electron chi connectivity index (χ4n) is 1.94. The minimum Gasteiger partial charge on any atom is -0.347 e. The molecule has 0 aromatic carbocycles. The third kappa shape index (κ3) is 4.00. The fraction of sp³-hybridized carbons (Fsp3) is 0.538. The van der Waals surface area contributed by atoms with Gasteiger partial charge in [-0.05, 0) is 39.3 Å². The summed E-state index contributed by atoms with van der Waals surface area (Å²) in [7, 11) is 0. The van der Waals surface area contributed by atoms with Crippen molar-refractivity contribution in [3.8, 4) is 0 Å². The Kier molecular flexibility index (Phi) is 4.67. The summed E-state index contributed by atoms with van der Waals surface area (Å²) in [6.07, 6.45) is 1.96. The third-order valence-electron chi connectivity index (χ3n) is 2.69. The molecule has 4 N–H and O–H groups in total. The molecule has 1 amide bonds. The average Bonchev–Trinajstić information content (AvgIpc) is 2.27. The van der Waals surface area contributed by atoms with Crippen molar-refractivity contribution >= 4 is 11.7 Å². The fourth-order valence-corrected chi connectivity index (χ4v) is 1.94. The Morgan fingerprint density at radius 2 is 2.11 bits per heavy atom. The van der Waals surface area contributed by atoms with Gasteiger partial charge in [-0.1, -0.05) is 13.3 Å². The number of anilines is 1. The first kappa shape index (κ1) is 14.4. The van der Waals surface area contributed by atoms with E-state index in [1.54, 1.807) is 12.1 Å². The first-order valence-corrected chi connectivity index (χ1v) is 6.16. The highest BCUT2D eigenvalue weighted by Gasteiger charge is 2.20. The van der Waals surface area contributed by atoms with Gasteiger partial charge in [-0.2, -0.15) is 0 Å². The van der Waals surface area contributed by atoms with Crippen LogP contribution in [0.4, 0.5) is 5.82 Å². The Hall–Kier alpha value is -1.62. The van der Waals surface area contributed by atoms with Gasteiger partial charge in [0.1, 0.15) is 5.82 Å². The molecule has 5 nitrogen and oxygen atoms in total. The van der Waals surface area contributed by atoms with Crippen LogP contribution < -0.4 is 16.6 Å². The zero-order valence-corrected chi connectivity index (χ0v) is 11.5. The summed E-state index contributed by atoms with van der Waals surface area (Å²) in [5.41, 5.74) is 3.57. The van der Waals surface area contributed by atoms with Crippen LogP contribution in [0.25, 0.3) is 0 Å². The number of nitrogens with two attached hydrogens (primary N) is 1. The average molecular weight is 250 g/mol. The van der Waals surface area contributed by atoms with Crippen molar-refractivity contribution in [1.29, 1.82) is 0 Å². The van der Waals surface area contributed by atoms with Crippen LogP contribution in [0.1, 0.15) is 49.7 Å². The standard InChI is InChI=1S/C13H22N4O/c1-5-6-13(3,4)16-12(18)10-7-9(2)15-11(8-10)17-14/h7-8H,5-6,14H2,1-4H3,(H,15,17)(H,16,18). The molecule has 0 saturated carbocycles. The Morgan fingerprint density at radius 3 is 2.67 bits per heavy atom. The number of amides is 1. The molecule has 1 aromatic heterocycles. The van der Waals surface area contributed by atoms with Crippen LogP contribution >= 0.6 is 0 Å². The molecule has 0 spiro atoms. The minimum absolute atomic E-state index is 0.101. The van der Waals surface area contributed by atoms with Crippen LogP contribution in [-0.2, 0) is 0 Å². The van der Waals surface area contributed by atoms with Crippen molar-refractivity contribution in [2.75, 3.05) is 5.43 Å². The molecule has 1 rings (SSSR count). The number of aromatic nitrogens is 1. The molecule has 0 aliphatic heterocycles. The van der Waals surface area contributed by atoms with E-state index in [1.165, 1.54) is 0 Å². The van der Waals surface area contributed by atoms with Crippen LogP contribution in [0, 0.1) is 6.92 Å². The van der Waals surface area contributed by atoms with Crippen LogP contribution in [0.5, 0.6) is 0 Å². The van der Waals surface area contributed by atoms with E-state index in [-0.39, 0.29) is 11.4 Å². The maximum atomic E-state index is 12.1. The van der Waals surface area contributed by atoms with Crippen LogP contribution in [0.15, 0.2) is 12.1 Å². The molecule has 1 heterocycles. The van der Waals surface area contributed by atoms with E-state index in [4.69, 9.17) is 5.84 Å². The molecule has 0 saturated heterocycles. The van der Waals surface area contributed by atoms with E-state index in [0.717, 1.165) is 18.5 Å². The number of hydrogen-bond donors (Lipinski definition) is 3. The SMILES string of the molecule is CCCC(C)(C)NC(=O)c1cc(C)nc(NN)c1. The number of nitrogen functional groups attached to an aromatic ring is 1. The topological polar surface area (TPSA) is 80.0 Å². The van der Waals surface area contributed by atoms with Gasteiger partial charge in [-0.3, -0.25) is 4.79 Å². The van der Waals surface area contributed by atoms with E-state index in [1.807, 2.05) is 20.8 Å². The highest BCUT2D eigenvalue weighted by Crippen LogP contribution is 2.14. The van der Waals surface area contributed by atoms with Crippen molar-refractivity contribution in [2.24, 2.45) is 5.84 Å². The molecule has 0 aliphatic carbocycles. The van der Waals surface area contributed by atoms with E-state index in [9.17, 15) is 4.79 Å². The number of aryl methyl sites for hydroxylation is 1. The molecule has 0 aliphatic rings. The van der Waals surface area contributed by atoms with Crippen molar-refractivity contribution in [2.45, 2.75) is 46.1 Å². The lowest BCUT2D eigenvalue weighted by Crippen LogP contribution is -2.43. The normalized spacial score (nSPS) is 11.2. The molecular weight excluding hydrogens is 228 g/mol. The van der Waals surface area contributed by atoms with Crippen molar-refractivity contribution in [1.82, 2.24) is 10.3 Å². The second-order valence-electron chi connectivity index (χ2n) is 5.11. The van der Waals surface area contributed by atoms with Crippen LogP contribution in [0.2, 0.25) is 0 Å². The van der Waals surface area contributed by atoms with E-state index >= 15 is 0 Å². The van der Waals surface area contributed by atoms with Gasteiger partial charge >= 0.3 is 0 Å². The van der Waals surface area contributed by atoms with Crippen molar-refractivity contribution < 1.29 is 4.79 Å². The van der Waals surface area contributed by atoms with Gasteiger partial charge in [-0.25, -0.2) is 10.8 Å². The number of rotatable bonds is 5. The maximum Gasteiger partial charge on any atom is 0.251 e. The van der Waals surface area contributed by atoms with Crippen LogP contribution in [0.3, 0.4) is 0 Å². The summed E-state index contributed by atoms with van der Waals surface area (Å²) in [6, 6.07) is 3.39. The highest BCUT2D eigenvalue weighted by atomic mass is 16.1. The molecule has 0 unspecified atom stereocenters. The monoisotopic (exact) mass is 250 g/mol. The van der Waals surface area contributed by atoms with E-state index < -0.39 is 0 Å². The molecule has 0 fully saturated rings. The lowest BCUT2D eigenvalue weighted by molar-refractivity contribution is 0.0909. The largest absolute Gasteiger partial charge is 0.347 e. The Morgan fingerprint density at radius 1 is 1.44 bits per heavy atom. The number of hydrazine groups is 1. The quantitative estimate of drug-likeness (QED) is 0.551. The zero-order chi connectivity index (χ0) is 13.8. The minimum atomic E-state index is -0.209. The Labute approximate surface area is 108 Å². The predicted octanol–water partition coefficient (Wildman–Crippen LogP) is 1.98. The molecule has 18 heavy (non-hydrogen) atoms.